The van der Waals surface area contributed by atoms with Gasteiger partial charge in [0.15, 0.2) is 0 Å². The molecule has 0 heterocycles. The van der Waals surface area contributed by atoms with Crippen molar-refractivity contribution in [1.29, 1.82) is 0 Å². The van der Waals surface area contributed by atoms with Gasteiger partial charge >= 0.3 is 4.83 Å². The Morgan fingerprint density at radius 1 is 1.57 bits per heavy atom. The first-order valence-corrected chi connectivity index (χ1v) is 2.53. The summed E-state index contributed by atoms with van der Waals surface area (Å²) in [6, 6.07) is 0. The molecule has 4 heteroatoms. The number of hydrogen-bond acceptors (Lipinski definition) is 1. The Kier molecular flexibility index (Phi) is 2.68. The van der Waals surface area contributed by atoms with Crippen molar-refractivity contribution in [2.45, 2.75) is 11.3 Å². The van der Waals surface area contributed by atoms with Crippen LogP contribution in [0.25, 0.3) is 0 Å². The fraction of sp³-hybridized carbons (Fsp3) is 1.00. The van der Waals surface area contributed by atoms with E-state index in [9.17, 15) is 8.78 Å². The Morgan fingerprint density at radius 3 is 2.00 bits per heavy atom. The molecular formula is C3H5BrF2O. The van der Waals surface area contributed by atoms with Gasteiger partial charge in [0, 0.05) is 13.0 Å². The zero-order valence-corrected chi connectivity index (χ0v) is 5.08. The van der Waals surface area contributed by atoms with Crippen LogP contribution >= 0.6 is 15.9 Å². The van der Waals surface area contributed by atoms with Gasteiger partial charge in [-0.1, -0.05) is 0 Å². The second kappa shape index (κ2) is 2.57. The van der Waals surface area contributed by atoms with Gasteiger partial charge < -0.3 is 5.11 Å². The molecule has 0 fully saturated rings. The molecule has 0 rings (SSSR count). The van der Waals surface area contributed by atoms with E-state index in [0.717, 1.165) is 0 Å². The maximum atomic E-state index is 11.5. The largest absolute Gasteiger partial charge is 0.396 e. The highest BCUT2D eigenvalue weighted by Gasteiger charge is 2.21. The van der Waals surface area contributed by atoms with Crippen molar-refractivity contribution in [3.8, 4) is 0 Å². The molecule has 0 amide bonds. The Morgan fingerprint density at radius 2 is 2.00 bits per heavy atom. The summed E-state index contributed by atoms with van der Waals surface area (Å²) in [5.74, 6) is 0. The molecule has 0 unspecified atom stereocenters. The van der Waals surface area contributed by atoms with Crippen LogP contribution in [0.4, 0.5) is 8.78 Å². The van der Waals surface area contributed by atoms with Crippen LogP contribution in [0, 0.1) is 0 Å². The zero-order valence-electron chi connectivity index (χ0n) is 3.50. The first-order valence-electron chi connectivity index (χ1n) is 1.74. The summed E-state index contributed by atoms with van der Waals surface area (Å²) in [6.45, 7) is -0.488. The quantitative estimate of drug-likeness (QED) is 0.628. The highest BCUT2D eigenvalue weighted by Crippen LogP contribution is 2.24. The van der Waals surface area contributed by atoms with Crippen LogP contribution in [0.1, 0.15) is 6.42 Å². The monoisotopic (exact) mass is 174 g/mol. The smallest absolute Gasteiger partial charge is 0.303 e. The van der Waals surface area contributed by atoms with Gasteiger partial charge in [-0.25, -0.2) is 0 Å². The Bertz CT molecular complexity index is 51.4. The summed E-state index contributed by atoms with van der Waals surface area (Å²) in [7, 11) is 0. The molecule has 0 spiro atoms. The fourth-order valence-corrected chi connectivity index (χ4v) is 0.304. The van der Waals surface area contributed by atoms with Crippen molar-refractivity contribution < 1.29 is 13.9 Å². The number of rotatable bonds is 2. The van der Waals surface area contributed by atoms with Crippen molar-refractivity contribution >= 4 is 15.9 Å². The third kappa shape index (κ3) is 6.30. The molecule has 0 aliphatic rings. The van der Waals surface area contributed by atoms with Crippen molar-refractivity contribution in [1.82, 2.24) is 0 Å². The number of aliphatic hydroxyl groups is 1. The molecule has 0 aromatic carbocycles. The minimum Gasteiger partial charge on any atom is -0.396 e. The van der Waals surface area contributed by atoms with Crippen molar-refractivity contribution in [3.05, 3.63) is 0 Å². The molecule has 1 N–H and O–H groups in total. The first kappa shape index (κ1) is 7.30. The van der Waals surface area contributed by atoms with E-state index in [4.69, 9.17) is 5.11 Å². The molecule has 0 aliphatic heterocycles. The number of aliphatic hydroxyl groups excluding tert-OH is 1. The third-order valence-corrected chi connectivity index (χ3v) is 0.792. The van der Waals surface area contributed by atoms with Crippen LogP contribution < -0.4 is 0 Å². The number of halogens is 3. The second-order valence-electron chi connectivity index (χ2n) is 1.09. The van der Waals surface area contributed by atoms with Crippen LogP contribution in [0.5, 0.6) is 0 Å². The van der Waals surface area contributed by atoms with Crippen LogP contribution in [-0.2, 0) is 0 Å². The molecule has 44 valence electrons. The van der Waals surface area contributed by atoms with Crippen molar-refractivity contribution in [3.63, 3.8) is 0 Å². The van der Waals surface area contributed by atoms with E-state index < -0.39 is 17.9 Å². The maximum absolute atomic E-state index is 11.5. The van der Waals surface area contributed by atoms with Crippen LogP contribution in [0.15, 0.2) is 0 Å². The molecule has 0 radical (unpaired) electrons. The van der Waals surface area contributed by atoms with Gasteiger partial charge in [-0.15, -0.1) is 0 Å². The van der Waals surface area contributed by atoms with Crippen LogP contribution in [0.2, 0.25) is 0 Å². The van der Waals surface area contributed by atoms with Gasteiger partial charge in [0.1, 0.15) is 0 Å². The normalized spacial score (nSPS) is 12.0. The second-order valence-corrected chi connectivity index (χ2v) is 2.25. The summed E-state index contributed by atoms with van der Waals surface area (Å²) in [5, 5.41) is 7.89. The van der Waals surface area contributed by atoms with E-state index in [1.54, 1.807) is 0 Å². The van der Waals surface area contributed by atoms with E-state index in [1.165, 1.54) is 0 Å². The van der Waals surface area contributed by atoms with E-state index in [2.05, 4.69) is 0 Å². The highest BCUT2D eigenvalue weighted by atomic mass is 79.9. The summed E-state index contributed by atoms with van der Waals surface area (Å²) in [5.41, 5.74) is 0. The lowest BCUT2D eigenvalue weighted by molar-refractivity contribution is 0.0799. The number of alkyl halides is 3. The van der Waals surface area contributed by atoms with Crippen LogP contribution in [0.3, 0.4) is 0 Å². The van der Waals surface area contributed by atoms with E-state index in [0.29, 0.717) is 0 Å². The van der Waals surface area contributed by atoms with Crippen LogP contribution in [-0.4, -0.2) is 16.5 Å². The molecule has 0 saturated heterocycles. The average molecular weight is 175 g/mol. The standard InChI is InChI=1S/C3H5BrF2O/c4-3(5,6)1-2-7/h7H,1-2H2. The van der Waals surface area contributed by atoms with E-state index in [1.807, 2.05) is 15.9 Å². The van der Waals surface area contributed by atoms with Crippen molar-refractivity contribution in [2.24, 2.45) is 0 Å². The lowest BCUT2D eigenvalue weighted by atomic mass is 10.5. The van der Waals surface area contributed by atoms with E-state index in [-0.39, 0.29) is 0 Å². The third-order valence-electron chi connectivity index (χ3n) is 0.395. The van der Waals surface area contributed by atoms with Crippen molar-refractivity contribution in [2.75, 3.05) is 6.61 Å². The molecule has 0 aromatic heterocycles. The molecule has 1 nitrogen and oxygen atoms in total. The SMILES string of the molecule is OCCC(F)(F)Br. The Labute approximate surface area is 48.5 Å². The molecule has 0 atom stereocenters. The molecule has 0 aromatic rings. The summed E-state index contributed by atoms with van der Waals surface area (Å²) in [4.78, 5) is -2.89. The van der Waals surface area contributed by atoms with Gasteiger partial charge in [-0.05, 0) is 15.9 Å². The van der Waals surface area contributed by atoms with E-state index >= 15 is 0 Å². The predicted octanol–water partition coefficient (Wildman–Crippen LogP) is 1.36. The summed E-state index contributed by atoms with van der Waals surface area (Å²) < 4.78 is 23.0. The Hall–Kier alpha value is 0.300. The van der Waals surface area contributed by atoms with Gasteiger partial charge in [0.05, 0.1) is 0 Å². The predicted molar refractivity (Wildman–Crippen MR) is 25.6 cm³/mol. The van der Waals surface area contributed by atoms with Gasteiger partial charge in [-0.3, -0.25) is 0 Å². The zero-order chi connectivity index (χ0) is 5.91. The minimum absolute atomic E-state index is 0.488. The lowest BCUT2D eigenvalue weighted by Gasteiger charge is -2.02. The van der Waals surface area contributed by atoms with Gasteiger partial charge in [-0.2, -0.15) is 8.78 Å². The molecule has 0 bridgehead atoms. The molecule has 7 heavy (non-hydrogen) atoms. The van der Waals surface area contributed by atoms with Gasteiger partial charge in [0.25, 0.3) is 0 Å². The Balaban J connectivity index is 3.15. The maximum Gasteiger partial charge on any atom is 0.303 e. The summed E-state index contributed by atoms with van der Waals surface area (Å²) in [6.07, 6.45) is -0.521. The van der Waals surface area contributed by atoms with Gasteiger partial charge in [0.2, 0.25) is 0 Å². The average Bonchev–Trinajstić information content (AvgIpc) is 1.30. The molecule has 0 saturated carbocycles. The fourth-order valence-electron chi connectivity index (χ4n) is 0.127. The minimum atomic E-state index is -2.89. The highest BCUT2D eigenvalue weighted by molar-refractivity contribution is 9.09. The molecular weight excluding hydrogens is 170 g/mol. The molecule has 0 aliphatic carbocycles. The topological polar surface area (TPSA) is 20.2 Å². The number of hydrogen-bond donors (Lipinski definition) is 1. The first-order chi connectivity index (χ1) is 3.06. The lowest BCUT2D eigenvalue weighted by Crippen LogP contribution is -2.06. The summed E-state index contributed by atoms with van der Waals surface area (Å²) >= 11 is 2.05.